The third-order valence-electron chi connectivity index (χ3n) is 2.63. The summed E-state index contributed by atoms with van der Waals surface area (Å²) >= 11 is 0. The predicted molar refractivity (Wildman–Crippen MR) is 55.8 cm³/mol. The van der Waals surface area contributed by atoms with Gasteiger partial charge >= 0.3 is 0 Å². The van der Waals surface area contributed by atoms with E-state index in [-0.39, 0.29) is 5.75 Å². The highest BCUT2D eigenvalue weighted by Crippen LogP contribution is 2.36. The number of hydrogen-bond acceptors (Lipinski definition) is 2. The Morgan fingerprint density at radius 3 is 2.93 bits per heavy atom. The summed E-state index contributed by atoms with van der Waals surface area (Å²) in [5.74, 6) is 1.49. The first kappa shape index (κ1) is 9.13. The van der Waals surface area contributed by atoms with Gasteiger partial charge in [-0.3, -0.25) is 0 Å². The van der Waals surface area contributed by atoms with E-state index in [0.717, 1.165) is 18.6 Å². The van der Waals surface area contributed by atoms with E-state index in [2.05, 4.69) is 12.2 Å². The highest BCUT2D eigenvalue weighted by Gasteiger charge is 2.16. The number of phenolic OH excluding ortho intramolecular Hbond substituents is 1. The molecular weight excluding hydrogens is 176 g/mol. The summed E-state index contributed by atoms with van der Waals surface area (Å²) in [5, 5.41) is 9.31. The smallest absolute Gasteiger partial charge is 0.126 e. The van der Waals surface area contributed by atoms with Gasteiger partial charge in [0, 0.05) is 17.5 Å². The van der Waals surface area contributed by atoms with E-state index in [1.807, 2.05) is 6.07 Å². The molecule has 1 atom stereocenters. The lowest BCUT2D eigenvalue weighted by Gasteiger charge is -2.13. The van der Waals surface area contributed by atoms with Gasteiger partial charge in [0.05, 0.1) is 7.11 Å². The molecule has 0 heterocycles. The minimum Gasteiger partial charge on any atom is -0.508 e. The number of aromatic hydroxyl groups is 1. The minimum atomic E-state index is 0.257. The molecule has 1 aromatic rings. The number of hydrogen-bond donors (Lipinski definition) is 1. The van der Waals surface area contributed by atoms with Gasteiger partial charge in [-0.25, -0.2) is 0 Å². The van der Waals surface area contributed by atoms with Crippen LogP contribution in [0.2, 0.25) is 0 Å². The van der Waals surface area contributed by atoms with Gasteiger partial charge in [0.25, 0.3) is 0 Å². The van der Waals surface area contributed by atoms with Crippen molar-refractivity contribution in [2.75, 3.05) is 7.11 Å². The first-order valence-corrected chi connectivity index (χ1v) is 4.85. The Labute approximate surface area is 83.8 Å². The molecule has 0 saturated heterocycles. The fraction of sp³-hybridized carbons (Fsp3) is 0.333. The predicted octanol–water partition coefficient (Wildman–Crippen LogP) is 2.83. The van der Waals surface area contributed by atoms with E-state index in [0.29, 0.717) is 5.92 Å². The summed E-state index contributed by atoms with van der Waals surface area (Å²) in [6, 6.07) is 5.32. The van der Waals surface area contributed by atoms with Gasteiger partial charge in [-0.1, -0.05) is 18.2 Å². The zero-order valence-electron chi connectivity index (χ0n) is 8.23. The van der Waals surface area contributed by atoms with Crippen LogP contribution in [-0.2, 0) is 0 Å². The average Bonchev–Trinajstić information content (AvgIpc) is 2.70. The number of allylic oxidation sites excluding steroid dienone is 2. The summed E-state index contributed by atoms with van der Waals surface area (Å²) in [7, 11) is 1.64. The van der Waals surface area contributed by atoms with Crippen molar-refractivity contribution in [1.82, 2.24) is 0 Å². The third kappa shape index (κ3) is 1.60. The van der Waals surface area contributed by atoms with E-state index in [1.54, 1.807) is 19.2 Å². The van der Waals surface area contributed by atoms with E-state index in [1.165, 1.54) is 5.56 Å². The Morgan fingerprint density at radius 2 is 2.29 bits per heavy atom. The summed E-state index contributed by atoms with van der Waals surface area (Å²) in [6.45, 7) is 0. The van der Waals surface area contributed by atoms with E-state index in [9.17, 15) is 5.11 Å². The van der Waals surface area contributed by atoms with Gasteiger partial charge in [0.1, 0.15) is 11.5 Å². The molecule has 0 aromatic heterocycles. The van der Waals surface area contributed by atoms with Crippen molar-refractivity contribution in [3.05, 3.63) is 35.9 Å². The van der Waals surface area contributed by atoms with Crippen molar-refractivity contribution in [1.29, 1.82) is 0 Å². The van der Waals surface area contributed by atoms with Crippen LogP contribution in [0.1, 0.15) is 24.3 Å². The average molecular weight is 190 g/mol. The Kier molecular flexibility index (Phi) is 2.44. The molecular formula is C12H14O2. The van der Waals surface area contributed by atoms with Crippen LogP contribution >= 0.6 is 0 Å². The van der Waals surface area contributed by atoms with Gasteiger partial charge in [-0.2, -0.15) is 0 Å². The molecule has 1 aliphatic rings. The topological polar surface area (TPSA) is 29.5 Å². The lowest BCUT2D eigenvalue weighted by Crippen LogP contribution is -1.95. The lowest BCUT2D eigenvalue weighted by atomic mass is 9.97. The highest BCUT2D eigenvalue weighted by molar-refractivity contribution is 5.44. The van der Waals surface area contributed by atoms with Crippen molar-refractivity contribution < 1.29 is 9.84 Å². The molecule has 0 bridgehead atoms. The van der Waals surface area contributed by atoms with Gasteiger partial charge in [0.2, 0.25) is 0 Å². The molecule has 0 saturated carbocycles. The lowest BCUT2D eigenvalue weighted by molar-refractivity contribution is 0.401. The fourth-order valence-corrected chi connectivity index (χ4v) is 1.90. The molecule has 1 unspecified atom stereocenters. The van der Waals surface area contributed by atoms with Crippen LogP contribution in [0.25, 0.3) is 0 Å². The maximum absolute atomic E-state index is 9.31. The summed E-state index contributed by atoms with van der Waals surface area (Å²) in [6.07, 6.45) is 6.67. The van der Waals surface area contributed by atoms with E-state index < -0.39 is 0 Å². The molecule has 0 spiro atoms. The third-order valence-corrected chi connectivity index (χ3v) is 2.63. The molecule has 1 aliphatic carbocycles. The number of benzene rings is 1. The minimum absolute atomic E-state index is 0.257. The molecule has 0 aliphatic heterocycles. The molecule has 74 valence electrons. The molecule has 0 radical (unpaired) electrons. The van der Waals surface area contributed by atoms with Crippen LogP contribution in [0.15, 0.2) is 30.4 Å². The van der Waals surface area contributed by atoms with Crippen LogP contribution in [0, 0.1) is 0 Å². The standard InChI is InChI=1S/C12H14O2/c1-14-12-8-10(13)6-7-11(12)9-4-2-3-5-9/h2,4,6-9,13H,3,5H2,1H3. The number of rotatable bonds is 2. The second-order valence-corrected chi connectivity index (χ2v) is 3.54. The summed E-state index contributed by atoms with van der Waals surface area (Å²) in [5.41, 5.74) is 1.17. The zero-order valence-corrected chi connectivity index (χ0v) is 8.23. The van der Waals surface area contributed by atoms with Crippen molar-refractivity contribution in [3.63, 3.8) is 0 Å². The van der Waals surface area contributed by atoms with Crippen LogP contribution < -0.4 is 4.74 Å². The highest BCUT2D eigenvalue weighted by atomic mass is 16.5. The van der Waals surface area contributed by atoms with Crippen molar-refractivity contribution >= 4 is 0 Å². The van der Waals surface area contributed by atoms with Crippen LogP contribution in [0.3, 0.4) is 0 Å². The number of phenols is 1. The first-order chi connectivity index (χ1) is 6.81. The van der Waals surface area contributed by atoms with Crippen molar-refractivity contribution in [2.45, 2.75) is 18.8 Å². The van der Waals surface area contributed by atoms with Crippen molar-refractivity contribution in [3.8, 4) is 11.5 Å². The Hall–Kier alpha value is -1.44. The van der Waals surface area contributed by atoms with Crippen LogP contribution in [-0.4, -0.2) is 12.2 Å². The maximum Gasteiger partial charge on any atom is 0.126 e. The molecule has 0 amide bonds. The van der Waals surface area contributed by atoms with Gasteiger partial charge in [-0.05, 0) is 18.9 Å². The van der Waals surface area contributed by atoms with E-state index in [4.69, 9.17) is 4.74 Å². The second kappa shape index (κ2) is 3.74. The van der Waals surface area contributed by atoms with Gasteiger partial charge in [0.15, 0.2) is 0 Å². The molecule has 14 heavy (non-hydrogen) atoms. The van der Waals surface area contributed by atoms with Crippen molar-refractivity contribution in [2.24, 2.45) is 0 Å². The summed E-state index contributed by atoms with van der Waals surface area (Å²) in [4.78, 5) is 0. The fourth-order valence-electron chi connectivity index (χ4n) is 1.90. The summed E-state index contributed by atoms with van der Waals surface area (Å²) < 4.78 is 5.24. The molecule has 2 nitrogen and oxygen atoms in total. The SMILES string of the molecule is COc1cc(O)ccc1C1C=CCC1. The Bertz CT molecular complexity index is 355. The first-order valence-electron chi connectivity index (χ1n) is 4.85. The number of methoxy groups -OCH3 is 1. The molecule has 2 rings (SSSR count). The zero-order chi connectivity index (χ0) is 9.97. The maximum atomic E-state index is 9.31. The van der Waals surface area contributed by atoms with Gasteiger partial charge < -0.3 is 9.84 Å². The van der Waals surface area contributed by atoms with Gasteiger partial charge in [-0.15, -0.1) is 0 Å². The largest absolute Gasteiger partial charge is 0.508 e. The molecule has 0 fully saturated rings. The number of ether oxygens (including phenoxy) is 1. The molecule has 1 N–H and O–H groups in total. The Morgan fingerprint density at radius 1 is 1.43 bits per heavy atom. The Balaban J connectivity index is 2.36. The monoisotopic (exact) mass is 190 g/mol. The second-order valence-electron chi connectivity index (χ2n) is 3.54. The van der Waals surface area contributed by atoms with Crippen LogP contribution in [0.5, 0.6) is 11.5 Å². The molecule has 1 aromatic carbocycles. The normalized spacial score (nSPS) is 19.9. The van der Waals surface area contributed by atoms with E-state index >= 15 is 0 Å². The van der Waals surface area contributed by atoms with Crippen LogP contribution in [0.4, 0.5) is 0 Å². The quantitative estimate of drug-likeness (QED) is 0.726. The molecule has 2 heteroatoms.